The summed E-state index contributed by atoms with van der Waals surface area (Å²) in [6, 6.07) is 10.6. The smallest absolute Gasteiger partial charge is 0.139 e. The van der Waals surface area contributed by atoms with Gasteiger partial charge in [-0.25, -0.2) is 0 Å². The fourth-order valence-corrected chi connectivity index (χ4v) is 4.32. The third-order valence-electron chi connectivity index (χ3n) is 6.07. The maximum Gasteiger partial charge on any atom is 0.139 e. The van der Waals surface area contributed by atoms with E-state index in [1.54, 1.807) is 4.90 Å². The highest BCUT2D eigenvalue weighted by atomic mass is 35.5. The Bertz CT molecular complexity index is 542. The van der Waals surface area contributed by atoms with E-state index in [0.717, 1.165) is 78.0 Å². The van der Waals surface area contributed by atoms with Gasteiger partial charge in [0.05, 0.1) is 19.8 Å². The summed E-state index contributed by atoms with van der Waals surface area (Å²) in [7, 11) is 0. The molecule has 2 fully saturated rings. The Morgan fingerprint density at radius 1 is 1.11 bits per heavy atom. The number of quaternary nitrogens is 1. The van der Waals surface area contributed by atoms with Crippen molar-refractivity contribution in [3.8, 4) is 0 Å². The number of para-hydroxylation sites is 1. The molecule has 1 aromatic carbocycles. The fraction of sp³-hybridized carbons (Fsp3) is 0.667. The predicted octanol–water partition coefficient (Wildman–Crippen LogP) is -4.04. The molecule has 27 heavy (non-hydrogen) atoms. The van der Waals surface area contributed by atoms with Crippen molar-refractivity contribution in [2.75, 3.05) is 50.8 Å². The molecule has 2 aliphatic rings. The predicted molar refractivity (Wildman–Crippen MR) is 101 cm³/mol. The van der Waals surface area contributed by atoms with Crippen LogP contribution >= 0.6 is 0 Å². The highest BCUT2D eigenvalue weighted by Gasteiger charge is 2.41. The molecule has 0 saturated carbocycles. The Labute approximate surface area is 176 Å². The first kappa shape index (κ1) is 24.2. The third kappa shape index (κ3) is 6.35. The van der Waals surface area contributed by atoms with Gasteiger partial charge in [-0.05, 0) is 31.4 Å². The van der Waals surface area contributed by atoms with Crippen LogP contribution in [0, 0.1) is 5.41 Å². The summed E-state index contributed by atoms with van der Waals surface area (Å²) in [5.74, 6) is 0.510. The largest absolute Gasteiger partial charge is 1.00 e. The van der Waals surface area contributed by atoms with Gasteiger partial charge in [0, 0.05) is 37.0 Å². The molecule has 0 atom stereocenters. The monoisotopic (exact) mass is 415 g/mol. The summed E-state index contributed by atoms with van der Waals surface area (Å²) in [5.41, 5.74) is 1.20. The molecule has 1 N–H and O–H groups in total. The van der Waals surface area contributed by atoms with Gasteiger partial charge in [0.25, 0.3) is 0 Å². The Kier molecular flexibility index (Phi) is 10.7. The average Bonchev–Trinajstić information content (AvgIpc) is 2.68. The van der Waals surface area contributed by atoms with E-state index >= 15 is 0 Å². The van der Waals surface area contributed by atoms with Crippen molar-refractivity contribution in [1.82, 2.24) is 0 Å². The molecule has 0 amide bonds. The Morgan fingerprint density at radius 2 is 1.74 bits per heavy atom. The number of morpholine rings is 1. The highest BCUT2D eigenvalue weighted by Crippen LogP contribution is 2.38. The van der Waals surface area contributed by atoms with Crippen LogP contribution in [0.25, 0.3) is 0 Å². The summed E-state index contributed by atoms with van der Waals surface area (Å²) >= 11 is 0. The number of carbonyl (C=O) groups is 1. The quantitative estimate of drug-likeness (QED) is 0.492. The molecule has 0 spiro atoms. The van der Waals surface area contributed by atoms with Gasteiger partial charge in [0.15, 0.2) is 0 Å². The number of hydrogen-bond donors (Lipinski definition) is 1. The van der Waals surface area contributed by atoms with E-state index in [0.29, 0.717) is 5.78 Å². The molecule has 0 radical (unpaired) electrons. The fourth-order valence-electron chi connectivity index (χ4n) is 4.32. The Morgan fingerprint density at radius 3 is 2.33 bits per heavy atom. The molecule has 0 bridgehead atoms. The molecule has 2 saturated heterocycles. The molecule has 0 unspecified atom stereocenters. The van der Waals surface area contributed by atoms with E-state index in [-0.39, 0.29) is 30.2 Å². The number of carbonyl (C=O) groups excluding carboxylic acids is 1. The van der Waals surface area contributed by atoms with Gasteiger partial charge in [-0.3, -0.25) is 4.79 Å². The van der Waals surface area contributed by atoms with Gasteiger partial charge >= 0.3 is 0 Å². The molecule has 6 heteroatoms. The van der Waals surface area contributed by atoms with Crippen LogP contribution in [0.3, 0.4) is 0 Å². The topological polar surface area (TPSA) is 34.0 Å². The molecule has 1 aromatic rings. The van der Waals surface area contributed by atoms with Crippen LogP contribution in [0.1, 0.15) is 39.0 Å². The number of ketones is 1. The number of nitrogens with zero attached hydrogens (tertiary/aromatic N) is 1. The number of piperidine rings is 1. The maximum absolute atomic E-state index is 13.0. The minimum Gasteiger partial charge on any atom is -1.00 e. The lowest BCUT2D eigenvalue weighted by Gasteiger charge is -2.42. The molecule has 154 valence electrons. The number of nitrogens with one attached hydrogen (secondary N) is 1. The van der Waals surface area contributed by atoms with Crippen LogP contribution in [0.4, 0.5) is 5.69 Å². The molecular formula is C21H33Cl2N2O2-. The van der Waals surface area contributed by atoms with E-state index in [9.17, 15) is 4.79 Å². The van der Waals surface area contributed by atoms with Crippen LogP contribution in [0.2, 0.25) is 0 Å². The molecule has 4 nitrogen and oxygen atoms in total. The van der Waals surface area contributed by atoms with Crippen LogP contribution in [0.5, 0.6) is 0 Å². The zero-order chi connectivity index (χ0) is 17.5. The van der Waals surface area contributed by atoms with Gasteiger partial charge in [-0.2, -0.15) is 0 Å². The van der Waals surface area contributed by atoms with Crippen molar-refractivity contribution in [3.63, 3.8) is 0 Å². The number of benzene rings is 1. The maximum atomic E-state index is 13.0. The molecule has 0 aromatic heterocycles. The minimum absolute atomic E-state index is 0. The third-order valence-corrected chi connectivity index (χ3v) is 6.07. The van der Waals surface area contributed by atoms with Gasteiger partial charge in [0.2, 0.25) is 0 Å². The number of anilines is 1. The van der Waals surface area contributed by atoms with E-state index in [1.165, 1.54) is 5.69 Å². The van der Waals surface area contributed by atoms with E-state index < -0.39 is 0 Å². The van der Waals surface area contributed by atoms with Crippen molar-refractivity contribution in [3.05, 3.63) is 30.3 Å². The van der Waals surface area contributed by atoms with Gasteiger partial charge < -0.3 is 39.4 Å². The number of Topliss-reactive ketones (excluding diaryl/α,β-unsaturated/α-hetero) is 1. The summed E-state index contributed by atoms with van der Waals surface area (Å²) in [6.07, 6.45) is 4.76. The Balaban J connectivity index is 0.00000182. The van der Waals surface area contributed by atoms with Crippen LogP contribution in [-0.2, 0) is 9.53 Å². The summed E-state index contributed by atoms with van der Waals surface area (Å²) in [6.45, 7) is 9.15. The normalized spacial score (nSPS) is 19.7. The molecular weight excluding hydrogens is 383 g/mol. The van der Waals surface area contributed by atoms with Crippen molar-refractivity contribution < 1.29 is 39.2 Å². The Hall–Kier alpha value is -0.810. The summed E-state index contributed by atoms with van der Waals surface area (Å²) < 4.78 is 5.47. The first-order chi connectivity index (χ1) is 12.2. The van der Waals surface area contributed by atoms with E-state index in [4.69, 9.17) is 4.74 Å². The number of ether oxygens (including phenoxy) is 1. The van der Waals surface area contributed by atoms with Gasteiger partial charge in [-0.15, -0.1) is 0 Å². The van der Waals surface area contributed by atoms with Crippen molar-refractivity contribution >= 4 is 11.5 Å². The second-order valence-electron chi connectivity index (χ2n) is 7.64. The molecule has 3 rings (SSSR count). The van der Waals surface area contributed by atoms with Crippen molar-refractivity contribution in [2.45, 2.75) is 39.0 Å². The first-order valence-corrected chi connectivity index (χ1v) is 9.98. The number of hydrogen-bond acceptors (Lipinski definition) is 3. The van der Waals surface area contributed by atoms with Crippen molar-refractivity contribution in [2.24, 2.45) is 5.41 Å². The average molecular weight is 416 g/mol. The van der Waals surface area contributed by atoms with Crippen LogP contribution in [-0.4, -0.2) is 51.7 Å². The number of rotatable bonds is 7. The second kappa shape index (κ2) is 11.9. The van der Waals surface area contributed by atoms with Crippen LogP contribution < -0.4 is 34.6 Å². The highest BCUT2D eigenvalue weighted by molar-refractivity contribution is 5.85. The number of halogens is 2. The lowest BCUT2D eigenvalue weighted by Crippen LogP contribution is -3.14. The lowest BCUT2D eigenvalue weighted by molar-refractivity contribution is -0.908. The second-order valence-corrected chi connectivity index (χ2v) is 7.64. The van der Waals surface area contributed by atoms with Gasteiger partial charge in [-0.1, -0.05) is 25.1 Å². The zero-order valence-corrected chi connectivity index (χ0v) is 17.9. The molecule has 0 aliphatic carbocycles. The van der Waals surface area contributed by atoms with E-state index in [1.807, 2.05) is 0 Å². The summed E-state index contributed by atoms with van der Waals surface area (Å²) in [4.78, 5) is 17.0. The zero-order valence-electron chi connectivity index (χ0n) is 16.4. The molecule has 2 heterocycles. The van der Waals surface area contributed by atoms with Gasteiger partial charge in [0.1, 0.15) is 18.9 Å². The standard InChI is InChI=1S/C21H32N2O2.2ClH/c1-2-6-20(24)21(9-12-22-15-17-25-18-16-22)10-13-23(14-11-21)19-7-4-3-5-8-19;;/h3-5,7-8H,2,6,9-18H2,1H3;2*1H/p-1. The first-order valence-electron chi connectivity index (χ1n) is 9.98. The van der Waals surface area contributed by atoms with Crippen LogP contribution in [0.15, 0.2) is 30.3 Å². The minimum atomic E-state index is -0.0907. The summed E-state index contributed by atoms with van der Waals surface area (Å²) in [5, 5.41) is 0. The lowest BCUT2D eigenvalue weighted by atomic mass is 9.71. The molecule has 2 aliphatic heterocycles. The van der Waals surface area contributed by atoms with Crippen molar-refractivity contribution in [1.29, 1.82) is 0 Å². The van der Waals surface area contributed by atoms with E-state index in [2.05, 4.69) is 42.2 Å². The SMILES string of the molecule is CCCC(=O)C1(CC[NH+]2CCOCC2)CCN(c2ccccc2)CC1.[Cl-].[Cl-].